The van der Waals surface area contributed by atoms with Gasteiger partial charge in [-0.3, -0.25) is 0 Å². The van der Waals surface area contributed by atoms with Crippen LogP contribution < -0.4 is 19.7 Å². The monoisotopic (exact) mass is 283 g/mol. The Labute approximate surface area is 122 Å². The lowest BCUT2D eigenvalue weighted by atomic mass is 10.0. The molecule has 5 rings (SSSR count). The largest absolute Gasteiger partial charge is 0.454 e. The van der Waals surface area contributed by atoms with Crippen molar-refractivity contribution < 1.29 is 9.47 Å². The van der Waals surface area contributed by atoms with Crippen molar-refractivity contribution in [2.45, 2.75) is 12.5 Å². The number of rotatable bonds is 1. The second-order valence-electron chi connectivity index (χ2n) is 6.03. The number of aromatic nitrogens is 1. The predicted molar refractivity (Wildman–Crippen MR) is 80.0 cm³/mol. The molecular weight excluding hydrogens is 266 g/mol. The quantitative estimate of drug-likeness (QED) is 0.864. The third-order valence-electron chi connectivity index (χ3n) is 4.95. The highest BCUT2D eigenvalue weighted by atomic mass is 16.7. The highest BCUT2D eigenvalue weighted by molar-refractivity contribution is 5.95. The van der Waals surface area contributed by atoms with E-state index in [-0.39, 0.29) is 0 Å². The molecule has 21 heavy (non-hydrogen) atoms. The Balaban J connectivity index is 1.66. The lowest BCUT2D eigenvalue weighted by Gasteiger charge is -2.25. The smallest absolute Gasteiger partial charge is 0.231 e. The van der Waals surface area contributed by atoms with Gasteiger partial charge in [-0.15, -0.1) is 0 Å². The van der Waals surface area contributed by atoms with Crippen LogP contribution >= 0.6 is 0 Å². The first-order valence-electron chi connectivity index (χ1n) is 7.56. The van der Waals surface area contributed by atoms with Crippen LogP contribution in [-0.4, -0.2) is 37.5 Å². The van der Waals surface area contributed by atoms with Crippen molar-refractivity contribution in [2.24, 2.45) is 5.92 Å². The molecule has 0 unspecified atom stereocenters. The molecular formula is C16H17N3O2. The number of hydrogen-bond acceptors (Lipinski definition) is 5. The van der Waals surface area contributed by atoms with Gasteiger partial charge in [-0.2, -0.15) is 0 Å². The van der Waals surface area contributed by atoms with Crippen molar-refractivity contribution in [3.63, 3.8) is 0 Å². The van der Waals surface area contributed by atoms with Crippen molar-refractivity contribution in [1.29, 1.82) is 0 Å². The van der Waals surface area contributed by atoms with Gasteiger partial charge in [0.1, 0.15) is 5.82 Å². The van der Waals surface area contributed by atoms with Crippen LogP contribution in [0.25, 0.3) is 10.8 Å². The average molecular weight is 283 g/mol. The standard InChI is InChI=1S/C16H17N3O2/c1-3-18-16(19-4-2-11-7-17-8-13(11)19)12-6-15-14(5-10(1)12)20-9-21-15/h1,3,5-6,11,13,17H,2,4,7-9H2/t11-,13+/m0/s1. The number of nitrogens with one attached hydrogen (secondary N) is 1. The SMILES string of the molecule is c1cc2cc3c(cc2c(N2CC[C@H]4CNC[C@H]42)n1)OCO3. The number of ether oxygens (including phenoxy) is 2. The van der Waals surface area contributed by atoms with Crippen molar-refractivity contribution in [3.8, 4) is 11.5 Å². The van der Waals surface area contributed by atoms with E-state index in [9.17, 15) is 0 Å². The van der Waals surface area contributed by atoms with Crippen molar-refractivity contribution >= 4 is 16.6 Å². The predicted octanol–water partition coefficient (Wildman–Crippen LogP) is 1.76. The second-order valence-corrected chi connectivity index (χ2v) is 6.03. The van der Waals surface area contributed by atoms with Crippen molar-refractivity contribution in [3.05, 3.63) is 24.4 Å². The third kappa shape index (κ3) is 1.64. The van der Waals surface area contributed by atoms with Gasteiger partial charge in [-0.05, 0) is 35.9 Å². The topological polar surface area (TPSA) is 46.6 Å². The van der Waals surface area contributed by atoms with Gasteiger partial charge in [0, 0.05) is 37.3 Å². The summed E-state index contributed by atoms with van der Waals surface area (Å²) in [6.07, 6.45) is 3.15. The Morgan fingerprint density at radius 2 is 2.10 bits per heavy atom. The summed E-state index contributed by atoms with van der Waals surface area (Å²) in [7, 11) is 0. The molecule has 0 bridgehead atoms. The number of nitrogens with zero attached hydrogens (tertiary/aromatic N) is 2. The lowest BCUT2D eigenvalue weighted by molar-refractivity contribution is 0.174. The summed E-state index contributed by atoms with van der Waals surface area (Å²) >= 11 is 0. The fraction of sp³-hybridized carbons (Fsp3) is 0.438. The van der Waals surface area contributed by atoms with Crippen LogP contribution in [0.15, 0.2) is 24.4 Å². The Morgan fingerprint density at radius 3 is 3.05 bits per heavy atom. The van der Waals surface area contributed by atoms with E-state index >= 15 is 0 Å². The van der Waals surface area contributed by atoms with Crippen LogP contribution in [0.1, 0.15) is 6.42 Å². The zero-order chi connectivity index (χ0) is 13.8. The summed E-state index contributed by atoms with van der Waals surface area (Å²) in [6, 6.07) is 6.76. The molecule has 1 aromatic heterocycles. The first kappa shape index (κ1) is 11.6. The fourth-order valence-corrected chi connectivity index (χ4v) is 3.89. The van der Waals surface area contributed by atoms with Crippen LogP contribution in [0.5, 0.6) is 11.5 Å². The fourth-order valence-electron chi connectivity index (χ4n) is 3.89. The van der Waals surface area contributed by atoms with Gasteiger partial charge in [0.2, 0.25) is 6.79 Å². The minimum atomic E-state index is 0.312. The van der Waals surface area contributed by atoms with Gasteiger partial charge < -0.3 is 19.7 Å². The maximum absolute atomic E-state index is 5.53. The van der Waals surface area contributed by atoms with Gasteiger partial charge in [0.05, 0.1) is 0 Å². The Morgan fingerprint density at radius 1 is 1.19 bits per heavy atom. The zero-order valence-electron chi connectivity index (χ0n) is 11.7. The van der Waals surface area contributed by atoms with Crippen LogP contribution in [0.3, 0.4) is 0 Å². The zero-order valence-corrected chi connectivity index (χ0v) is 11.7. The second kappa shape index (κ2) is 4.24. The van der Waals surface area contributed by atoms with E-state index in [2.05, 4.69) is 27.3 Å². The Hall–Kier alpha value is -2.01. The van der Waals surface area contributed by atoms with Gasteiger partial charge in [0.25, 0.3) is 0 Å². The molecule has 0 amide bonds. The van der Waals surface area contributed by atoms with Gasteiger partial charge in [0.15, 0.2) is 11.5 Å². The molecule has 3 aliphatic rings. The summed E-state index contributed by atoms with van der Waals surface area (Å²) < 4.78 is 11.0. The molecule has 4 heterocycles. The minimum absolute atomic E-state index is 0.312. The van der Waals surface area contributed by atoms with Crippen molar-refractivity contribution in [1.82, 2.24) is 10.3 Å². The maximum atomic E-state index is 5.53. The highest BCUT2D eigenvalue weighted by Gasteiger charge is 2.38. The van der Waals surface area contributed by atoms with Crippen LogP contribution in [0.4, 0.5) is 5.82 Å². The summed E-state index contributed by atoms with van der Waals surface area (Å²) in [6.45, 7) is 3.61. The van der Waals surface area contributed by atoms with E-state index < -0.39 is 0 Å². The average Bonchev–Trinajstić information content (AvgIpc) is 3.20. The molecule has 1 aromatic carbocycles. The Bertz CT molecular complexity index is 718. The number of benzene rings is 1. The summed E-state index contributed by atoms with van der Waals surface area (Å²) in [5.41, 5.74) is 0. The summed E-state index contributed by atoms with van der Waals surface area (Å²) in [5.74, 6) is 3.51. The summed E-state index contributed by atoms with van der Waals surface area (Å²) in [5, 5.41) is 5.83. The normalized spacial score (nSPS) is 26.6. The number of pyridine rings is 1. The minimum Gasteiger partial charge on any atom is -0.454 e. The van der Waals surface area contributed by atoms with Gasteiger partial charge in [-0.1, -0.05) is 0 Å². The molecule has 2 atom stereocenters. The summed E-state index contributed by atoms with van der Waals surface area (Å²) in [4.78, 5) is 7.14. The molecule has 3 aliphatic heterocycles. The molecule has 0 spiro atoms. The molecule has 108 valence electrons. The number of hydrogen-bond donors (Lipinski definition) is 1. The maximum Gasteiger partial charge on any atom is 0.231 e. The molecule has 1 N–H and O–H groups in total. The molecule has 2 aromatic rings. The lowest BCUT2D eigenvalue weighted by Crippen LogP contribution is -2.34. The highest BCUT2D eigenvalue weighted by Crippen LogP contribution is 2.40. The van der Waals surface area contributed by atoms with Crippen LogP contribution in [0.2, 0.25) is 0 Å². The van der Waals surface area contributed by atoms with E-state index in [1.807, 2.05) is 12.3 Å². The number of fused-ring (bicyclic) bond motifs is 3. The molecule has 0 saturated carbocycles. The van der Waals surface area contributed by atoms with Crippen LogP contribution in [0, 0.1) is 5.92 Å². The molecule has 0 aliphatic carbocycles. The van der Waals surface area contributed by atoms with E-state index in [4.69, 9.17) is 9.47 Å². The van der Waals surface area contributed by atoms with E-state index in [0.717, 1.165) is 48.3 Å². The third-order valence-corrected chi connectivity index (χ3v) is 4.95. The molecule has 2 saturated heterocycles. The first-order chi connectivity index (χ1) is 10.4. The van der Waals surface area contributed by atoms with E-state index in [0.29, 0.717) is 12.8 Å². The van der Waals surface area contributed by atoms with E-state index in [1.165, 1.54) is 11.8 Å². The van der Waals surface area contributed by atoms with E-state index in [1.54, 1.807) is 0 Å². The number of anilines is 1. The molecule has 5 nitrogen and oxygen atoms in total. The van der Waals surface area contributed by atoms with Gasteiger partial charge >= 0.3 is 0 Å². The first-order valence-corrected chi connectivity index (χ1v) is 7.56. The van der Waals surface area contributed by atoms with Crippen molar-refractivity contribution in [2.75, 3.05) is 31.3 Å². The Kier molecular flexibility index (Phi) is 2.35. The van der Waals surface area contributed by atoms with Crippen LogP contribution in [-0.2, 0) is 0 Å². The molecule has 0 radical (unpaired) electrons. The molecule has 2 fully saturated rings. The molecule has 5 heteroatoms. The van der Waals surface area contributed by atoms with Gasteiger partial charge in [-0.25, -0.2) is 4.98 Å².